The largest absolute Gasteiger partial charge is 0.497 e. The number of oxazole rings is 1. The number of carbonyl (C=O) groups is 3. The first kappa shape index (κ1) is 21.5. The summed E-state index contributed by atoms with van der Waals surface area (Å²) in [6.45, 7) is 1.34. The van der Waals surface area contributed by atoms with Gasteiger partial charge in [0.1, 0.15) is 18.1 Å². The number of Topliss-reactive ketones (excluding diaryl/α,β-unsaturated/α-hetero) is 1. The molecule has 168 valence electrons. The van der Waals surface area contributed by atoms with Gasteiger partial charge in [-0.05, 0) is 24.3 Å². The summed E-state index contributed by atoms with van der Waals surface area (Å²) in [5, 5.41) is 17.8. The minimum Gasteiger partial charge on any atom is -0.497 e. The summed E-state index contributed by atoms with van der Waals surface area (Å²) in [6, 6.07) is 9.61. The molecule has 0 aliphatic rings. The number of amides is 1. The van der Waals surface area contributed by atoms with E-state index in [1.165, 1.54) is 20.1 Å². The fourth-order valence-corrected chi connectivity index (χ4v) is 3.05. The minimum absolute atomic E-state index is 0.0250. The number of ether oxygens (including phenoxy) is 1. The van der Waals surface area contributed by atoms with Crippen LogP contribution in [-0.4, -0.2) is 49.9 Å². The highest BCUT2D eigenvalue weighted by molar-refractivity contribution is 5.97. The van der Waals surface area contributed by atoms with Crippen molar-refractivity contribution in [2.75, 3.05) is 7.11 Å². The quantitative estimate of drug-likeness (QED) is 0.378. The average molecular weight is 451 g/mol. The fraction of sp³-hybridized carbons (Fsp3) is 0.143. The minimum atomic E-state index is -1.34. The zero-order chi connectivity index (χ0) is 23.7. The lowest BCUT2D eigenvalue weighted by atomic mass is 10.1. The number of benzene rings is 1. The van der Waals surface area contributed by atoms with E-state index in [4.69, 9.17) is 19.3 Å². The molecule has 0 bridgehead atoms. The Morgan fingerprint density at radius 2 is 1.91 bits per heavy atom. The normalized spacial score (nSPS) is 10.8. The Morgan fingerprint density at radius 1 is 1.12 bits per heavy atom. The number of hydrogen-bond donors (Lipinski definition) is 2. The van der Waals surface area contributed by atoms with Crippen LogP contribution >= 0.6 is 0 Å². The van der Waals surface area contributed by atoms with Crippen molar-refractivity contribution in [1.82, 2.24) is 20.0 Å². The van der Waals surface area contributed by atoms with E-state index in [0.717, 1.165) is 4.80 Å². The second kappa shape index (κ2) is 8.42. The smallest absolute Gasteiger partial charge is 0.358 e. The summed E-state index contributed by atoms with van der Waals surface area (Å²) in [7, 11) is 1.47. The molecule has 0 spiro atoms. The van der Waals surface area contributed by atoms with Crippen LogP contribution in [0.1, 0.15) is 44.2 Å². The van der Waals surface area contributed by atoms with Crippen molar-refractivity contribution in [3.63, 3.8) is 0 Å². The standard InChI is InChI=1S/C21H17N5O7/c1-10(27)14-7-6-13(32-14)9-26-24-15(19(22)28)16(25-26)20-23-17(21(29)30)18(33-20)11-4-3-5-12(8-11)31-2/h3-8H,9H2,1-2H3,(H2,22,28)(H,29,30). The number of aromatic nitrogens is 4. The summed E-state index contributed by atoms with van der Waals surface area (Å²) in [4.78, 5) is 40.3. The van der Waals surface area contributed by atoms with Crippen molar-refractivity contribution >= 4 is 17.7 Å². The molecule has 0 saturated heterocycles. The second-order valence-electron chi connectivity index (χ2n) is 6.85. The molecule has 4 rings (SSSR count). The van der Waals surface area contributed by atoms with Gasteiger partial charge >= 0.3 is 5.97 Å². The van der Waals surface area contributed by atoms with Crippen LogP contribution in [0, 0.1) is 0 Å². The van der Waals surface area contributed by atoms with E-state index in [1.807, 2.05) is 0 Å². The van der Waals surface area contributed by atoms with Gasteiger partial charge < -0.3 is 24.4 Å². The number of carboxylic acid groups (broad SMARTS) is 1. The number of furan rings is 1. The molecule has 0 aliphatic carbocycles. The Balaban J connectivity index is 1.77. The van der Waals surface area contributed by atoms with Crippen molar-refractivity contribution in [2.45, 2.75) is 13.5 Å². The van der Waals surface area contributed by atoms with E-state index >= 15 is 0 Å². The predicted octanol–water partition coefficient (Wildman–Crippen LogP) is 2.25. The molecule has 33 heavy (non-hydrogen) atoms. The van der Waals surface area contributed by atoms with Gasteiger partial charge in [-0.15, -0.1) is 10.2 Å². The van der Waals surface area contributed by atoms with Crippen LogP contribution in [0.5, 0.6) is 5.75 Å². The molecule has 3 aromatic heterocycles. The van der Waals surface area contributed by atoms with Crippen molar-refractivity contribution in [1.29, 1.82) is 0 Å². The molecule has 0 fully saturated rings. The third kappa shape index (κ3) is 4.21. The van der Waals surface area contributed by atoms with Crippen LogP contribution in [0.25, 0.3) is 22.9 Å². The maximum Gasteiger partial charge on any atom is 0.358 e. The Hall–Kier alpha value is -4.74. The number of hydrogen-bond acceptors (Lipinski definition) is 9. The maximum absolute atomic E-state index is 12.0. The highest BCUT2D eigenvalue weighted by atomic mass is 16.5. The van der Waals surface area contributed by atoms with Crippen molar-refractivity contribution in [2.24, 2.45) is 5.73 Å². The van der Waals surface area contributed by atoms with Crippen molar-refractivity contribution in [3.8, 4) is 28.7 Å². The number of primary amides is 1. The van der Waals surface area contributed by atoms with Gasteiger partial charge in [0.05, 0.1) is 7.11 Å². The summed E-state index contributed by atoms with van der Waals surface area (Å²) in [5.41, 5.74) is 5.02. The van der Waals surface area contributed by atoms with E-state index in [-0.39, 0.29) is 46.8 Å². The number of methoxy groups -OCH3 is 1. The first-order chi connectivity index (χ1) is 15.8. The monoisotopic (exact) mass is 451 g/mol. The van der Waals surface area contributed by atoms with Gasteiger partial charge in [-0.25, -0.2) is 4.79 Å². The lowest BCUT2D eigenvalue weighted by Gasteiger charge is -2.02. The van der Waals surface area contributed by atoms with E-state index in [1.54, 1.807) is 30.3 Å². The molecule has 3 heterocycles. The number of carboxylic acids is 1. The van der Waals surface area contributed by atoms with Gasteiger partial charge in [0.2, 0.25) is 0 Å². The second-order valence-corrected chi connectivity index (χ2v) is 6.85. The van der Waals surface area contributed by atoms with Crippen LogP contribution in [0.2, 0.25) is 0 Å². The Labute approximate surface area is 185 Å². The van der Waals surface area contributed by atoms with Crippen LogP contribution in [0.4, 0.5) is 0 Å². The first-order valence-electron chi connectivity index (χ1n) is 9.50. The van der Waals surface area contributed by atoms with E-state index in [2.05, 4.69) is 15.2 Å². The zero-order valence-electron chi connectivity index (χ0n) is 17.4. The van der Waals surface area contributed by atoms with Crippen LogP contribution in [-0.2, 0) is 6.54 Å². The molecular weight excluding hydrogens is 434 g/mol. The van der Waals surface area contributed by atoms with Crippen LogP contribution in [0.3, 0.4) is 0 Å². The summed E-state index contributed by atoms with van der Waals surface area (Å²) in [6.07, 6.45) is 0. The molecule has 0 radical (unpaired) electrons. The summed E-state index contributed by atoms with van der Waals surface area (Å²) >= 11 is 0. The number of rotatable bonds is 8. The number of aromatic carboxylic acids is 1. The third-order valence-corrected chi connectivity index (χ3v) is 4.56. The molecule has 12 nitrogen and oxygen atoms in total. The molecule has 1 aromatic carbocycles. The van der Waals surface area contributed by atoms with E-state index in [0.29, 0.717) is 17.1 Å². The number of carbonyl (C=O) groups excluding carboxylic acids is 2. The first-order valence-corrected chi connectivity index (χ1v) is 9.50. The zero-order valence-corrected chi connectivity index (χ0v) is 17.4. The van der Waals surface area contributed by atoms with E-state index in [9.17, 15) is 19.5 Å². The topological polar surface area (TPSA) is 177 Å². The Bertz CT molecular complexity index is 1380. The Morgan fingerprint density at radius 3 is 2.55 bits per heavy atom. The number of nitrogens with two attached hydrogens (primary N) is 1. The molecular formula is C21H17N5O7. The van der Waals surface area contributed by atoms with Gasteiger partial charge in [0.15, 0.2) is 34.4 Å². The number of ketones is 1. The van der Waals surface area contributed by atoms with Crippen molar-refractivity contribution < 1.29 is 33.1 Å². The van der Waals surface area contributed by atoms with Gasteiger partial charge in [-0.3, -0.25) is 9.59 Å². The maximum atomic E-state index is 12.0. The predicted molar refractivity (Wildman–Crippen MR) is 111 cm³/mol. The third-order valence-electron chi connectivity index (χ3n) is 4.56. The summed E-state index contributed by atoms with van der Waals surface area (Å²) in [5.74, 6) is -1.83. The molecule has 0 aliphatic heterocycles. The fourth-order valence-electron chi connectivity index (χ4n) is 3.05. The van der Waals surface area contributed by atoms with E-state index < -0.39 is 11.9 Å². The van der Waals surface area contributed by atoms with Gasteiger partial charge in [-0.2, -0.15) is 9.78 Å². The van der Waals surface area contributed by atoms with Crippen LogP contribution < -0.4 is 10.5 Å². The Kier molecular flexibility index (Phi) is 5.48. The lowest BCUT2D eigenvalue weighted by Crippen LogP contribution is -2.13. The van der Waals surface area contributed by atoms with Gasteiger partial charge in [0.25, 0.3) is 11.8 Å². The number of nitrogens with zero attached hydrogens (tertiary/aromatic N) is 4. The molecule has 0 saturated carbocycles. The molecule has 12 heteroatoms. The summed E-state index contributed by atoms with van der Waals surface area (Å²) < 4.78 is 16.3. The molecule has 4 aromatic rings. The SMILES string of the molecule is COc1cccc(-c2oc(-c3nn(Cc4ccc(C(C)=O)o4)nc3C(N)=O)nc2C(=O)O)c1. The van der Waals surface area contributed by atoms with Gasteiger partial charge in [-0.1, -0.05) is 12.1 Å². The highest BCUT2D eigenvalue weighted by Crippen LogP contribution is 2.32. The average Bonchev–Trinajstić information content (AvgIpc) is 3.52. The molecule has 3 N–H and O–H groups in total. The lowest BCUT2D eigenvalue weighted by molar-refractivity contribution is 0.0691. The molecule has 0 atom stereocenters. The van der Waals surface area contributed by atoms with Gasteiger partial charge in [0, 0.05) is 12.5 Å². The van der Waals surface area contributed by atoms with Crippen molar-refractivity contribution in [3.05, 3.63) is 59.3 Å². The molecule has 1 amide bonds. The molecule has 0 unspecified atom stereocenters. The highest BCUT2D eigenvalue weighted by Gasteiger charge is 2.28. The van der Waals surface area contributed by atoms with Crippen LogP contribution in [0.15, 0.2) is 45.2 Å².